The standard InChI is InChI=1S/C21H18FN3O3/c22-15-6-5-13-7-8-25(19(13)10-15)12-20(26)24-18(21(27)28)9-14-11-23-17-4-2-1-3-16(14)17/h1-8,10-11,18,23H,9,12H2,(H,24,26)(H,27,28). The molecule has 0 fully saturated rings. The van der Waals surface area contributed by atoms with E-state index in [-0.39, 0.29) is 13.0 Å². The van der Waals surface area contributed by atoms with Crippen molar-refractivity contribution in [1.82, 2.24) is 14.9 Å². The zero-order valence-electron chi connectivity index (χ0n) is 14.9. The number of aliphatic carboxylic acids is 1. The number of H-pyrrole nitrogens is 1. The molecule has 2 heterocycles. The molecule has 0 radical (unpaired) electrons. The van der Waals surface area contributed by atoms with Crippen LogP contribution in [0.3, 0.4) is 0 Å². The summed E-state index contributed by atoms with van der Waals surface area (Å²) in [6, 6.07) is 12.6. The molecule has 0 spiro atoms. The first kappa shape index (κ1) is 17.8. The molecule has 4 aromatic rings. The maximum Gasteiger partial charge on any atom is 0.326 e. The lowest BCUT2D eigenvalue weighted by molar-refractivity contribution is -0.141. The number of carboxylic acids is 1. The van der Waals surface area contributed by atoms with Crippen LogP contribution in [0.15, 0.2) is 60.9 Å². The Labute approximate surface area is 159 Å². The first-order valence-corrected chi connectivity index (χ1v) is 8.83. The molecule has 0 saturated heterocycles. The third kappa shape index (κ3) is 3.46. The van der Waals surface area contributed by atoms with Crippen molar-refractivity contribution in [2.24, 2.45) is 0 Å². The van der Waals surface area contributed by atoms with Crippen LogP contribution in [0.2, 0.25) is 0 Å². The van der Waals surface area contributed by atoms with Crippen LogP contribution in [0.1, 0.15) is 5.56 Å². The number of amides is 1. The second-order valence-corrected chi connectivity index (χ2v) is 6.67. The molecule has 1 amide bonds. The second kappa shape index (κ2) is 7.19. The van der Waals surface area contributed by atoms with Gasteiger partial charge in [0, 0.05) is 29.7 Å². The number of nitrogens with one attached hydrogen (secondary N) is 2. The van der Waals surface area contributed by atoms with Gasteiger partial charge in [-0.1, -0.05) is 18.2 Å². The number of hydrogen-bond acceptors (Lipinski definition) is 2. The van der Waals surface area contributed by atoms with Gasteiger partial charge in [0.05, 0.1) is 5.52 Å². The zero-order chi connectivity index (χ0) is 19.7. The maximum atomic E-state index is 13.5. The highest BCUT2D eigenvalue weighted by atomic mass is 19.1. The number of aromatic amines is 1. The van der Waals surface area contributed by atoms with Crippen molar-refractivity contribution in [3.63, 3.8) is 0 Å². The van der Waals surface area contributed by atoms with Crippen LogP contribution in [0.4, 0.5) is 4.39 Å². The fourth-order valence-electron chi connectivity index (χ4n) is 3.41. The quantitative estimate of drug-likeness (QED) is 0.481. The molecular formula is C21H18FN3O3. The number of carboxylic acid groups (broad SMARTS) is 1. The molecule has 0 aliphatic carbocycles. The fourth-order valence-corrected chi connectivity index (χ4v) is 3.41. The molecule has 28 heavy (non-hydrogen) atoms. The van der Waals surface area contributed by atoms with Crippen molar-refractivity contribution in [1.29, 1.82) is 0 Å². The number of halogens is 1. The number of carbonyl (C=O) groups excluding carboxylic acids is 1. The van der Waals surface area contributed by atoms with Gasteiger partial charge in [-0.3, -0.25) is 4.79 Å². The third-order valence-corrected chi connectivity index (χ3v) is 4.78. The van der Waals surface area contributed by atoms with E-state index in [2.05, 4.69) is 10.3 Å². The van der Waals surface area contributed by atoms with Gasteiger partial charge in [0.1, 0.15) is 18.4 Å². The van der Waals surface area contributed by atoms with Crippen molar-refractivity contribution in [3.8, 4) is 0 Å². The maximum absolute atomic E-state index is 13.5. The smallest absolute Gasteiger partial charge is 0.326 e. The number of para-hydroxylation sites is 1. The number of aromatic nitrogens is 2. The highest BCUT2D eigenvalue weighted by Gasteiger charge is 2.22. The Balaban J connectivity index is 1.50. The van der Waals surface area contributed by atoms with Gasteiger partial charge in [0.15, 0.2) is 0 Å². The average molecular weight is 379 g/mol. The van der Waals surface area contributed by atoms with Crippen molar-refractivity contribution in [2.75, 3.05) is 0 Å². The summed E-state index contributed by atoms with van der Waals surface area (Å²) in [5.41, 5.74) is 2.31. The minimum Gasteiger partial charge on any atom is -0.480 e. The lowest BCUT2D eigenvalue weighted by Crippen LogP contribution is -2.43. The highest BCUT2D eigenvalue weighted by molar-refractivity contribution is 5.88. The summed E-state index contributed by atoms with van der Waals surface area (Å²) in [5, 5.41) is 13.8. The lowest BCUT2D eigenvalue weighted by atomic mass is 10.0. The van der Waals surface area contributed by atoms with E-state index in [9.17, 15) is 19.1 Å². The van der Waals surface area contributed by atoms with Gasteiger partial charge in [0.25, 0.3) is 0 Å². The van der Waals surface area contributed by atoms with Crippen LogP contribution in [0.5, 0.6) is 0 Å². The molecule has 4 rings (SSSR count). The molecule has 1 atom stereocenters. The molecule has 6 nitrogen and oxygen atoms in total. The van der Waals surface area contributed by atoms with Gasteiger partial charge in [-0.15, -0.1) is 0 Å². The van der Waals surface area contributed by atoms with Gasteiger partial charge in [0.2, 0.25) is 5.91 Å². The Morgan fingerprint density at radius 3 is 2.82 bits per heavy atom. The van der Waals surface area contributed by atoms with Crippen LogP contribution in [0.25, 0.3) is 21.8 Å². The molecule has 142 valence electrons. The lowest BCUT2D eigenvalue weighted by Gasteiger charge is -2.15. The molecule has 1 unspecified atom stereocenters. The summed E-state index contributed by atoms with van der Waals surface area (Å²) in [6.07, 6.45) is 3.60. The van der Waals surface area contributed by atoms with Crippen molar-refractivity contribution >= 4 is 33.7 Å². The Kier molecular flexibility index (Phi) is 4.57. The van der Waals surface area contributed by atoms with Gasteiger partial charge in [-0.25, -0.2) is 9.18 Å². The zero-order valence-corrected chi connectivity index (χ0v) is 14.9. The number of benzene rings is 2. The molecular weight excluding hydrogens is 361 g/mol. The summed E-state index contributed by atoms with van der Waals surface area (Å²) in [6.45, 7) is -0.0926. The number of nitrogens with zero attached hydrogens (tertiary/aromatic N) is 1. The number of carbonyl (C=O) groups is 2. The van der Waals surface area contributed by atoms with Crippen LogP contribution in [-0.2, 0) is 22.6 Å². The Bertz CT molecular complexity index is 1180. The summed E-state index contributed by atoms with van der Waals surface area (Å²) < 4.78 is 15.1. The largest absolute Gasteiger partial charge is 0.480 e. The number of fused-ring (bicyclic) bond motifs is 2. The summed E-state index contributed by atoms with van der Waals surface area (Å²) >= 11 is 0. The first-order chi connectivity index (χ1) is 13.5. The van der Waals surface area contributed by atoms with E-state index < -0.39 is 23.7 Å². The summed E-state index contributed by atoms with van der Waals surface area (Å²) in [4.78, 5) is 27.2. The van der Waals surface area contributed by atoms with E-state index in [0.717, 1.165) is 21.9 Å². The van der Waals surface area contributed by atoms with E-state index in [1.54, 1.807) is 29.1 Å². The fraction of sp³-hybridized carbons (Fsp3) is 0.143. The predicted molar refractivity (Wildman–Crippen MR) is 103 cm³/mol. The van der Waals surface area contributed by atoms with Crippen molar-refractivity contribution in [2.45, 2.75) is 19.0 Å². The van der Waals surface area contributed by atoms with E-state index >= 15 is 0 Å². The molecule has 2 aromatic carbocycles. The molecule has 0 aliphatic rings. The van der Waals surface area contributed by atoms with Crippen molar-refractivity contribution < 1.29 is 19.1 Å². The van der Waals surface area contributed by atoms with Gasteiger partial charge in [-0.05, 0) is 41.3 Å². The van der Waals surface area contributed by atoms with Gasteiger partial charge >= 0.3 is 5.97 Å². The molecule has 7 heteroatoms. The minimum absolute atomic E-state index is 0.0926. The molecule has 0 saturated carbocycles. The Morgan fingerprint density at radius 2 is 2.00 bits per heavy atom. The van der Waals surface area contributed by atoms with E-state index in [0.29, 0.717) is 5.52 Å². The molecule has 0 aliphatic heterocycles. The van der Waals surface area contributed by atoms with Gasteiger partial charge in [-0.2, -0.15) is 0 Å². The summed E-state index contributed by atoms with van der Waals surface area (Å²) in [7, 11) is 0. The molecule has 0 bridgehead atoms. The minimum atomic E-state index is -1.11. The van der Waals surface area contributed by atoms with Crippen molar-refractivity contribution in [3.05, 3.63) is 72.3 Å². The number of rotatable bonds is 6. The number of hydrogen-bond donors (Lipinski definition) is 3. The van der Waals surface area contributed by atoms with E-state index in [4.69, 9.17) is 0 Å². The molecule has 3 N–H and O–H groups in total. The first-order valence-electron chi connectivity index (χ1n) is 8.83. The topological polar surface area (TPSA) is 87.1 Å². The van der Waals surface area contributed by atoms with Crippen LogP contribution >= 0.6 is 0 Å². The second-order valence-electron chi connectivity index (χ2n) is 6.67. The SMILES string of the molecule is O=C(Cn1ccc2ccc(F)cc21)NC(Cc1c[nH]c2ccccc12)C(=O)O. The van der Waals surface area contributed by atoms with E-state index in [1.165, 1.54) is 12.1 Å². The average Bonchev–Trinajstić information content (AvgIpc) is 3.25. The van der Waals surface area contributed by atoms with Crippen LogP contribution in [0, 0.1) is 5.82 Å². The molecule has 2 aromatic heterocycles. The summed E-state index contributed by atoms with van der Waals surface area (Å²) in [5.74, 6) is -1.95. The Hall–Kier alpha value is -3.61. The highest BCUT2D eigenvalue weighted by Crippen LogP contribution is 2.20. The van der Waals surface area contributed by atoms with Crippen LogP contribution in [-0.4, -0.2) is 32.6 Å². The van der Waals surface area contributed by atoms with Crippen LogP contribution < -0.4 is 5.32 Å². The third-order valence-electron chi connectivity index (χ3n) is 4.78. The van der Waals surface area contributed by atoms with E-state index in [1.807, 2.05) is 24.3 Å². The monoisotopic (exact) mass is 379 g/mol. The predicted octanol–water partition coefficient (Wildman–Crippen LogP) is 3.07. The van der Waals surface area contributed by atoms with Gasteiger partial charge < -0.3 is 20.0 Å². The normalized spacial score (nSPS) is 12.3. The Morgan fingerprint density at radius 1 is 1.18 bits per heavy atom.